The Balaban J connectivity index is 2.10. The van der Waals surface area contributed by atoms with E-state index in [-0.39, 0.29) is 0 Å². The van der Waals surface area contributed by atoms with Crippen LogP contribution in [0.4, 0.5) is 5.82 Å². The number of H-pyrrole nitrogens is 1. The van der Waals surface area contributed by atoms with Crippen molar-refractivity contribution in [1.82, 2.24) is 14.9 Å². The monoisotopic (exact) mass is 298 g/mol. The molecule has 5 nitrogen and oxygen atoms in total. The van der Waals surface area contributed by atoms with Crippen LogP contribution in [0.5, 0.6) is 0 Å². The molecule has 0 radical (unpaired) electrons. The van der Waals surface area contributed by atoms with Crippen LogP contribution in [0.3, 0.4) is 0 Å². The molecular formula is C17H22N4O. The number of carbonyl (C=O) groups excluding carboxylic acids is 1. The zero-order valence-corrected chi connectivity index (χ0v) is 12.8. The van der Waals surface area contributed by atoms with E-state index in [0.29, 0.717) is 17.6 Å². The minimum absolute atomic E-state index is 0.475. The number of aromatic amines is 1. The Kier molecular flexibility index (Phi) is 3.98. The second kappa shape index (κ2) is 5.93. The average molecular weight is 298 g/mol. The maximum Gasteiger partial charge on any atom is 0.161 e. The fraction of sp³-hybridized carbons (Fsp3) is 0.412. The van der Waals surface area contributed by atoms with Gasteiger partial charge in [-0.15, -0.1) is 0 Å². The van der Waals surface area contributed by atoms with Crippen LogP contribution in [0.2, 0.25) is 0 Å². The van der Waals surface area contributed by atoms with E-state index in [0.717, 1.165) is 37.8 Å². The van der Waals surface area contributed by atoms with Gasteiger partial charge >= 0.3 is 0 Å². The highest BCUT2D eigenvalue weighted by atomic mass is 16.1. The Hall–Kier alpha value is -2.14. The topological polar surface area (TPSA) is 75.0 Å². The lowest BCUT2D eigenvalue weighted by Gasteiger charge is -2.42. The fourth-order valence-electron chi connectivity index (χ4n) is 3.25. The van der Waals surface area contributed by atoms with Crippen LogP contribution in [0, 0.1) is 5.92 Å². The third-order valence-electron chi connectivity index (χ3n) is 4.62. The minimum atomic E-state index is -0.890. The van der Waals surface area contributed by atoms with Crippen molar-refractivity contribution in [2.45, 2.75) is 25.3 Å². The summed E-state index contributed by atoms with van der Waals surface area (Å²) in [6.07, 6.45) is 4.73. The molecule has 116 valence electrons. The van der Waals surface area contributed by atoms with Gasteiger partial charge in [0, 0.05) is 13.1 Å². The second-order valence-corrected chi connectivity index (χ2v) is 6.11. The molecule has 1 aliphatic heterocycles. The van der Waals surface area contributed by atoms with E-state index < -0.39 is 5.54 Å². The molecule has 1 aliphatic rings. The first-order valence-corrected chi connectivity index (χ1v) is 7.74. The Morgan fingerprint density at radius 1 is 1.32 bits per heavy atom. The third-order valence-corrected chi connectivity index (χ3v) is 4.62. The number of hydrogen-bond donors (Lipinski definition) is 2. The number of imidazole rings is 1. The van der Waals surface area contributed by atoms with E-state index in [9.17, 15) is 4.79 Å². The van der Waals surface area contributed by atoms with Crippen molar-refractivity contribution in [3.05, 3.63) is 47.9 Å². The summed E-state index contributed by atoms with van der Waals surface area (Å²) in [4.78, 5) is 21.9. The summed E-state index contributed by atoms with van der Waals surface area (Å²) < 4.78 is 0. The van der Waals surface area contributed by atoms with Crippen molar-refractivity contribution in [3.8, 4) is 0 Å². The van der Waals surface area contributed by atoms with Crippen molar-refractivity contribution >= 4 is 12.1 Å². The van der Waals surface area contributed by atoms with Crippen LogP contribution >= 0.6 is 0 Å². The molecule has 0 spiro atoms. The van der Waals surface area contributed by atoms with E-state index in [4.69, 9.17) is 5.73 Å². The molecule has 1 aromatic heterocycles. The number of piperidine rings is 1. The summed E-state index contributed by atoms with van der Waals surface area (Å²) in [7, 11) is 0. The van der Waals surface area contributed by atoms with Crippen LogP contribution in [0.15, 0.2) is 36.5 Å². The van der Waals surface area contributed by atoms with Gasteiger partial charge in [-0.1, -0.05) is 37.3 Å². The first-order chi connectivity index (χ1) is 10.7. The van der Waals surface area contributed by atoms with Gasteiger partial charge in [0.2, 0.25) is 0 Å². The summed E-state index contributed by atoms with van der Waals surface area (Å²) in [5.74, 6) is 1.77. The molecule has 1 fully saturated rings. The van der Waals surface area contributed by atoms with Gasteiger partial charge < -0.3 is 15.5 Å². The van der Waals surface area contributed by atoms with Crippen molar-refractivity contribution in [2.75, 3.05) is 18.8 Å². The van der Waals surface area contributed by atoms with Gasteiger partial charge in [-0.25, -0.2) is 4.98 Å². The molecular weight excluding hydrogens is 276 g/mol. The van der Waals surface area contributed by atoms with Crippen LogP contribution in [0.1, 0.15) is 31.2 Å². The van der Waals surface area contributed by atoms with Gasteiger partial charge in [-0.3, -0.25) is 4.90 Å². The maximum absolute atomic E-state index is 12.3. The van der Waals surface area contributed by atoms with Crippen molar-refractivity contribution < 1.29 is 4.79 Å². The maximum atomic E-state index is 12.3. The quantitative estimate of drug-likeness (QED) is 0.848. The standard InChI is InChI=1S/C17H22N4O/c1-13-7-9-21(10-8-13)17(12-22,14-5-3-2-4-6-14)16-19-11-15(18)20-16/h2-6,11-13H,7-10,18H2,1H3,(H,19,20). The normalized spacial score (nSPS) is 19.7. The number of benzene rings is 1. The summed E-state index contributed by atoms with van der Waals surface area (Å²) in [6, 6.07) is 9.81. The molecule has 1 saturated heterocycles. The Labute approximate surface area is 130 Å². The molecule has 2 aromatic rings. The van der Waals surface area contributed by atoms with Gasteiger partial charge in [0.05, 0.1) is 6.20 Å². The van der Waals surface area contributed by atoms with Crippen LogP contribution in [-0.4, -0.2) is 34.2 Å². The SMILES string of the molecule is CC1CCN(C(C=O)(c2ccccc2)c2ncc(N)[nH]2)CC1. The Bertz CT molecular complexity index is 631. The third kappa shape index (κ3) is 2.41. The molecule has 0 aliphatic carbocycles. The molecule has 1 unspecified atom stereocenters. The second-order valence-electron chi connectivity index (χ2n) is 6.11. The summed E-state index contributed by atoms with van der Waals surface area (Å²) in [6.45, 7) is 4.00. The van der Waals surface area contributed by atoms with Crippen LogP contribution < -0.4 is 5.73 Å². The summed E-state index contributed by atoms with van der Waals surface area (Å²) >= 11 is 0. The van der Waals surface area contributed by atoms with E-state index in [2.05, 4.69) is 21.8 Å². The van der Waals surface area contributed by atoms with Gasteiger partial charge in [0.1, 0.15) is 11.6 Å². The van der Waals surface area contributed by atoms with E-state index >= 15 is 0 Å². The Morgan fingerprint density at radius 3 is 2.55 bits per heavy atom. The van der Waals surface area contributed by atoms with Crippen molar-refractivity contribution in [2.24, 2.45) is 5.92 Å². The molecule has 3 rings (SSSR count). The number of anilines is 1. The van der Waals surface area contributed by atoms with Crippen LogP contribution in [-0.2, 0) is 10.3 Å². The minimum Gasteiger partial charge on any atom is -0.384 e. The lowest BCUT2D eigenvalue weighted by molar-refractivity contribution is -0.118. The number of nitrogens with one attached hydrogen (secondary N) is 1. The fourth-order valence-corrected chi connectivity index (χ4v) is 3.25. The zero-order valence-electron chi connectivity index (χ0n) is 12.8. The van der Waals surface area contributed by atoms with Gasteiger partial charge in [0.15, 0.2) is 11.8 Å². The predicted octanol–water partition coefficient (Wildman–Crippen LogP) is 2.17. The molecule has 3 N–H and O–H groups in total. The number of nitrogens with two attached hydrogens (primary N) is 1. The van der Waals surface area contributed by atoms with Gasteiger partial charge in [0.25, 0.3) is 0 Å². The first kappa shape index (κ1) is 14.8. The number of likely N-dealkylation sites (tertiary alicyclic amines) is 1. The van der Waals surface area contributed by atoms with Crippen LogP contribution in [0.25, 0.3) is 0 Å². The van der Waals surface area contributed by atoms with E-state index in [1.807, 2.05) is 30.3 Å². The highest BCUT2D eigenvalue weighted by Gasteiger charge is 2.43. The van der Waals surface area contributed by atoms with E-state index in [1.165, 1.54) is 0 Å². The number of aldehydes is 1. The summed E-state index contributed by atoms with van der Waals surface area (Å²) in [5.41, 5.74) is 5.84. The number of nitrogens with zero attached hydrogens (tertiary/aromatic N) is 2. The molecule has 2 heterocycles. The molecule has 1 atom stereocenters. The zero-order chi connectivity index (χ0) is 15.6. The largest absolute Gasteiger partial charge is 0.384 e. The predicted molar refractivity (Wildman–Crippen MR) is 86.3 cm³/mol. The summed E-state index contributed by atoms with van der Waals surface area (Å²) in [5, 5.41) is 0. The number of rotatable bonds is 4. The lowest BCUT2D eigenvalue weighted by Crippen LogP contribution is -2.52. The molecule has 1 aromatic carbocycles. The molecule has 0 amide bonds. The smallest absolute Gasteiger partial charge is 0.161 e. The molecule has 0 saturated carbocycles. The van der Waals surface area contributed by atoms with Gasteiger partial charge in [-0.2, -0.15) is 0 Å². The van der Waals surface area contributed by atoms with Gasteiger partial charge in [-0.05, 0) is 24.3 Å². The number of carbonyl (C=O) groups is 1. The number of aromatic nitrogens is 2. The van der Waals surface area contributed by atoms with E-state index in [1.54, 1.807) is 6.20 Å². The number of nitrogen functional groups attached to an aromatic ring is 1. The van der Waals surface area contributed by atoms with Crippen molar-refractivity contribution in [1.29, 1.82) is 0 Å². The highest BCUT2D eigenvalue weighted by molar-refractivity contribution is 5.73. The first-order valence-electron chi connectivity index (χ1n) is 7.74. The average Bonchev–Trinajstić information content (AvgIpc) is 2.98. The van der Waals surface area contributed by atoms with Crippen molar-refractivity contribution in [3.63, 3.8) is 0 Å². The Morgan fingerprint density at radius 2 is 2.00 bits per heavy atom. The number of hydrogen-bond acceptors (Lipinski definition) is 4. The molecule has 5 heteroatoms. The lowest BCUT2D eigenvalue weighted by atomic mass is 9.85. The highest BCUT2D eigenvalue weighted by Crippen LogP contribution is 2.35. The molecule has 22 heavy (non-hydrogen) atoms. The molecule has 0 bridgehead atoms.